The first-order valence-electron chi connectivity index (χ1n) is 13.2. The van der Waals surface area contributed by atoms with Gasteiger partial charge in [-0.15, -0.1) is 0 Å². The first kappa shape index (κ1) is 26.0. The lowest BCUT2D eigenvalue weighted by molar-refractivity contribution is -0.137. The van der Waals surface area contributed by atoms with Crippen LogP contribution in [-0.4, -0.2) is 23.3 Å². The first-order chi connectivity index (χ1) is 18.3. The Morgan fingerprint density at radius 1 is 0.921 bits per heavy atom. The normalized spacial score (nSPS) is 15.8. The van der Waals surface area contributed by atoms with Crippen LogP contribution in [0.4, 0.5) is 13.2 Å². The third-order valence-electron chi connectivity index (χ3n) is 7.66. The van der Waals surface area contributed by atoms with Gasteiger partial charge in [0, 0.05) is 19.5 Å². The predicted octanol–water partition coefficient (Wildman–Crippen LogP) is 7.45. The van der Waals surface area contributed by atoms with E-state index < -0.39 is 17.7 Å². The van der Waals surface area contributed by atoms with E-state index in [1.807, 2.05) is 17.0 Å². The van der Waals surface area contributed by atoms with Gasteiger partial charge in [-0.3, -0.25) is 4.79 Å². The molecule has 0 spiro atoms. The van der Waals surface area contributed by atoms with Crippen molar-refractivity contribution in [2.45, 2.75) is 57.7 Å². The van der Waals surface area contributed by atoms with Crippen molar-refractivity contribution in [3.05, 3.63) is 89.0 Å². The second kappa shape index (κ2) is 11.0. The summed E-state index contributed by atoms with van der Waals surface area (Å²) < 4.78 is 44.5. The molecular weight excluding hydrogens is 491 g/mol. The number of fused-ring (bicyclic) bond motifs is 1. The van der Waals surface area contributed by atoms with Crippen molar-refractivity contribution < 1.29 is 27.5 Å². The number of hydrogen-bond acceptors (Lipinski definition) is 3. The van der Waals surface area contributed by atoms with Crippen LogP contribution in [0.1, 0.15) is 65.6 Å². The van der Waals surface area contributed by atoms with Crippen LogP contribution in [0.5, 0.6) is 5.75 Å². The number of benzene rings is 3. The van der Waals surface area contributed by atoms with Crippen molar-refractivity contribution in [1.29, 1.82) is 0 Å². The van der Waals surface area contributed by atoms with Gasteiger partial charge in [-0.1, -0.05) is 62.1 Å². The monoisotopic (exact) mass is 521 g/mol. The number of carbonyl (C=O) groups excluding carboxylic acids is 2. The molecule has 3 aromatic carbocycles. The summed E-state index contributed by atoms with van der Waals surface area (Å²) in [6.07, 6.45) is 2.89. The van der Waals surface area contributed by atoms with Crippen LogP contribution in [0.3, 0.4) is 0 Å². The molecule has 1 aliphatic carbocycles. The predicted molar refractivity (Wildman–Crippen MR) is 139 cm³/mol. The molecule has 0 radical (unpaired) electrons. The summed E-state index contributed by atoms with van der Waals surface area (Å²) in [7, 11) is 0. The van der Waals surface area contributed by atoms with E-state index in [1.165, 1.54) is 37.8 Å². The number of rotatable bonds is 6. The van der Waals surface area contributed by atoms with Gasteiger partial charge in [-0.2, -0.15) is 13.2 Å². The minimum absolute atomic E-state index is 0.206. The number of halogens is 3. The first-order valence-corrected chi connectivity index (χ1v) is 13.2. The van der Waals surface area contributed by atoms with Gasteiger partial charge in [-0.25, -0.2) is 4.79 Å². The molecule has 2 aliphatic rings. The summed E-state index contributed by atoms with van der Waals surface area (Å²) >= 11 is 0. The van der Waals surface area contributed by atoms with Gasteiger partial charge in [0.1, 0.15) is 5.75 Å². The topological polar surface area (TPSA) is 46.6 Å². The number of carbonyl (C=O) groups is 2. The molecule has 0 bridgehead atoms. The summed E-state index contributed by atoms with van der Waals surface area (Å²) in [5.41, 5.74) is 2.61. The Balaban J connectivity index is 1.25. The van der Waals surface area contributed by atoms with Crippen LogP contribution >= 0.6 is 0 Å². The van der Waals surface area contributed by atoms with Crippen molar-refractivity contribution >= 4 is 11.9 Å². The number of ether oxygens (including phenoxy) is 1. The molecule has 0 saturated heterocycles. The van der Waals surface area contributed by atoms with Gasteiger partial charge in [0.05, 0.1) is 11.1 Å². The Bertz CT molecular complexity index is 1310. The summed E-state index contributed by atoms with van der Waals surface area (Å²) in [5.74, 6) is 0.715. The third kappa shape index (κ3) is 5.93. The van der Waals surface area contributed by atoms with E-state index in [0.717, 1.165) is 29.7 Å². The van der Waals surface area contributed by atoms with Crippen LogP contribution in [0, 0.1) is 5.92 Å². The van der Waals surface area contributed by atoms with Crippen LogP contribution in [0.15, 0.2) is 66.7 Å². The zero-order valence-electron chi connectivity index (χ0n) is 21.1. The Hall–Kier alpha value is -3.61. The van der Waals surface area contributed by atoms with Crippen molar-refractivity contribution in [2.75, 3.05) is 6.54 Å². The lowest BCUT2D eigenvalue weighted by Crippen LogP contribution is -2.36. The van der Waals surface area contributed by atoms with E-state index in [-0.39, 0.29) is 11.5 Å². The summed E-state index contributed by atoms with van der Waals surface area (Å²) in [6, 6.07) is 16.9. The molecule has 1 saturated carbocycles. The van der Waals surface area contributed by atoms with Gasteiger partial charge in [0.25, 0.3) is 0 Å². The average Bonchev–Trinajstić information content (AvgIpc) is 3.45. The minimum Gasteiger partial charge on any atom is -0.423 e. The summed E-state index contributed by atoms with van der Waals surface area (Å²) in [4.78, 5) is 27.7. The molecule has 1 fully saturated rings. The second-order valence-corrected chi connectivity index (χ2v) is 10.2. The zero-order valence-corrected chi connectivity index (χ0v) is 21.1. The lowest BCUT2D eigenvalue weighted by atomic mass is 9.97. The smallest absolute Gasteiger partial charge is 0.416 e. The Kier molecular flexibility index (Phi) is 7.54. The van der Waals surface area contributed by atoms with E-state index in [2.05, 4.69) is 0 Å². The van der Waals surface area contributed by atoms with Gasteiger partial charge in [0.2, 0.25) is 5.91 Å². The minimum atomic E-state index is -4.43. The summed E-state index contributed by atoms with van der Waals surface area (Å²) in [6.45, 7) is 1.20. The summed E-state index contributed by atoms with van der Waals surface area (Å²) in [5, 5.41) is 0. The maximum Gasteiger partial charge on any atom is 0.416 e. The fraction of sp³-hybridized carbons (Fsp3) is 0.355. The average molecular weight is 522 g/mol. The molecular formula is C31H30F3NO3. The van der Waals surface area contributed by atoms with Gasteiger partial charge < -0.3 is 9.64 Å². The molecule has 1 amide bonds. The van der Waals surface area contributed by atoms with Crippen LogP contribution < -0.4 is 4.74 Å². The lowest BCUT2D eigenvalue weighted by Gasteiger charge is -2.29. The van der Waals surface area contributed by atoms with Gasteiger partial charge >= 0.3 is 12.1 Å². The largest absolute Gasteiger partial charge is 0.423 e. The number of nitrogens with zero attached hydrogens (tertiary/aromatic N) is 1. The van der Waals surface area contributed by atoms with Crippen molar-refractivity contribution in [3.63, 3.8) is 0 Å². The third-order valence-corrected chi connectivity index (χ3v) is 7.66. The molecule has 4 nitrogen and oxygen atoms in total. The number of esters is 1. The maximum absolute atomic E-state index is 13.1. The highest BCUT2D eigenvalue weighted by Gasteiger charge is 2.30. The molecule has 0 atom stereocenters. The highest BCUT2D eigenvalue weighted by Crippen LogP contribution is 2.33. The SMILES string of the molecule is O=C(Oc1ccc2c(c1)CCN(C(=O)CCC1CCCC1)C2)c1ccccc1-c1ccc(C(F)(F)F)cc1. The Labute approximate surface area is 220 Å². The van der Waals surface area contributed by atoms with Crippen molar-refractivity contribution in [3.8, 4) is 16.9 Å². The van der Waals surface area contributed by atoms with E-state index in [0.29, 0.717) is 48.7 Å². The Morgan fingerprint density at radius 3 is 2.39 bits per heavy atom. The number of hydrogen-bond donors (Lipinski definition) is 0. The molecule has 0 unspecified atom stereocenters. The number of amides is 1. The molecule has 1 heterocycles. The molecule has 3 aromatic rings. The molecule has 0 N–H and O–H groups in total. The van der Waals surface area contributed by atoms with Gasteiger partial charge in [-0.05, 0) is 71.3 Å². The van der Waals surface area contributed by atoms with Crippen LogP contribution in [0.2, 0.25) is 0 Å². The van der Waals surface area contributed by atoms with E-state index in [1.54, 1.807) is 30.3 Å². The Morgan fingerprint density at radius 2 is 1.66 bits per heavy atom. The van der Waals surface area contributed by atoms with Crippen LogP contribution in [0.25, 0.3) is 11.1 Å². The molecule has 0 aromatic heterocycles. The number of alkyl halides is 3. The molecule has 1 aliphatic heterocycles. The van der Waals surface area contributed by atoms with E-state index in [4.69, 9.17) is 4.74 Å². The molecule has 38 heavy (non-hydrogen) atoms. The highest BCUT2D eigenvalue weighted by molar-refractivity contribution is 5.98. The zero-order chi connectivity index (χ0) is 26.7. The quantitative estimate of drug-likeness (QED) is 0.250. The standard InChI is InChI=1S/C31H30F3NO3/c32-31(33,34)25-13-10-22(11-14-25)27-7-3-4-8-28(27)30(37)38-26-15-12-24-20-35(18-17-23(24)19-26)29(36)16-9-21-5-1-2-6-21/h3-4,7-8,10-15,19,21H,1-2,5-6,9,16-18,20H2. The maximum atomic E-state index is 13.1. The second-order valence-electron chi connectivity index (χ2n) is 10.2. The fourth-order valence-electron chi connectivity index (χ4n) is 5.50. The fourth-order valence-corrected chi connectivity index (χ4v) is 5.50. The van der Waals surface area contributed by atoms with Gasteiger partial charge in [0.15, 0.2) is 0 Å². The van der Waals surface area contributed by atoms with E-state index in [9.17, 15) is 22.8 Å². The molecule has 198 valence electrons. The van der Waals surface area contributed by atoms with Crippen LogP contribution in [-0.2, 0) is 23.9 Å². The molecule has 7 heteroatoms. The van der Waals surface area contributed by atoms with Crippen molar-refractivity contribution in [1.82, 2.24) is 4.90 Å². The highest BCUT2D eigenvalue weighted by atomic mass is 19.4. The van der Waals surface area contributed by atoms with Crippen molar-refractivity contribution in [2.24, 2.45) is 5.92 Å². The molecule has 5 rings (SSSR count). The van der Waals surface area contributed by atoms with E-state index >= 15 is 0 Å².